The van der Waals surface area contributed by atoms with Gasteiger partial charge in [0.25, 0.3) is 0 Å². The van der Waals surface area contributed by atoms with Crippen molar-refractivity contribution >= 4 is 11.4 Å². The zero-order valence-corrected chi connectivity index (χ0v) is 41.3. The number of hydrogen-bond donors (Lipinski definition) is 0. The monoisotopic (exact) mass is 853 g/mol. The SMILES string of the molecule is CCCCCCC1=C(c2cc(CCCC)cc(CCCC)c2)[N+](=[N-])C(c2cc(CCCC)cc(CCCC)c2)=C1CCCCCC.CCCCC[CH2][Ni][CH2]CCCCC. The summed E-state index contributed by atoms with van der Waals surface area (Å²) in [4.78, 5) is 0. The zero-order valence-electron chi connectivity index (χ0n) is 40.3. The molecule has 0 bridgehead atoms. The Morgan fingerprint density at radius 3 is 0.915 bits per heavy atom. The van der Waals surface area contributed by atoms with Gasteiger partial charge in [0.05, 0.1) is 0 Å². The van der Waals surface area contributed by atoms with Gasteiger partial charge in [0.15, 0.2) is 0 Å². The minimum absolute atomic E-state index is 1.04. The fraction of sp³-hybridized carbons (Fsp3) is 0.714. The van der Waals surface area contributed by atoms with Crippen molar-refractivity contribution < 1.29 is 19.1 Å². The maximum atomic E-state index is 12.5. The normalized spacial score (nSPS) is 12.9. The van der Waals surface area contributed by atoms with Gasteiger partial charge in [-0.2, -0.15) is 0 Å². The second-order valence-corrected chi connectivity index (χ2v) is 19.2. The van der Waals surface area contributed by atoms with E-state index in [1.807, 2.05) is 14.4 Å². The first-order valence-corrected chi connectivity index (χ1v) is 27.0. The molecule has 59 heavy (non-hydrogen) atoms. The van der Waals surface area contributed by atoms with Gasteiger partial charge in [0.2, 0.25) is 11.4 Å². The van der Waals surface area contributed by atoms with E-state index in [0.717, 1.165) is 49.9 Å². The van der Waals surface area contributed by atoms with Crippen LogP contribution in [0.4, 0.5) is 0 Å². The van der Waals surface area contributed by atoms with Crippen molar-refractivity contribution in [3.63, 3.8) is 0 Å². The topological polar surface area (TPSA) is 25.3 Å². The molecule has 0 fully saturated rings. The van der Waals surface area contributed by atoms with Crippen molar-refractivity contribution in [1.82, 2.24) is 0 Å². The molecule has 1 heterocycles. The second-order valence-electron chi connectivity index (χ2n) is 17.7. The molecule has 3 rings (SSSR count). The van der Waals surface area contributed by atoms with Crippen LogP contribution in [0.25, 0.3) is 16.9 Å². The van der Waals surface area contributed by atoms with Gasteiger partial charge in [-0.1, -0.05) is 118 Å². The molecule has 0 saturated heterocycles. The van der Waals surface area contributed by atoms with Crippen molar-refractivity contribution in [2.75, 3.05) is 0 Å². The number of hydrogen-bond acceptors (Lipinski definition) is 0. The number of nitrogens with zero attached hydrogens (tertiary/aromatic N) is 2. The minimum atomic E-state index is 1.04. The van der Waals surface area contributed by atoms with Crippen LogP contribution in [0.15, 0.2) is 47.5 Å². The average molecular weight is 854 g/mol. The van der Waals surface area contributed by atoms with Crippen molar-refractivity contribution in [3.05, 3.63) is 86.5 Å². The Hall–Kier alpha value is -1.99. The number of allylic oxidation sites excluding steroid dienone is 2. The Morgan fingerprint density at radius 2 is 0.627 bits per heavy atom. The van der Waals surface area contributed by atoms with E-state index in [1.54, 1.807) is 4.70 Å². The Morgan fingerprint density at radius 1 is 0.339 bits per heavy atom. The van der Waals surface area contributed by atoms with E-state index in [0.29, 0.717) is 0 Å². The summed E-state index contributed by atoms with van der Waals surface area (Å²) in [6, 6.07) is 14.6. The third-order valence-electron chi connectivity index (χ3n) is 12.0. The summed E-state index contributed by atoms with van der Waals surface area (Å²) in [6.45, 7) is 18.3. The molecule has 2 aromatic carbocycles. The van der Waals surface area contributed by atoms with Crippen LogP contribution in [0.5, 0.6) is 0 Å². The molecular formula is C56H94N2Ni. The molecule has 0 unspecified atom stereocenters. The van der Waals surface area contributed by atoms with Crippen LogP contribution in [0.3, 0.4) is 0 Å². The maximum absolute atomic E-state index is 12.5. The first-order valence-electron chi connectivity index (χ1n) is 25.6. The Balaban J connectivity index is 0.000000791. The molecule has 0 spiro atoms. The van der Waals surface area contributed by atoms with Gasteiger partial charge in [-0.25, -0.2) is 4.70 Å². The van der Waals surface area contributed by atoms with E-state index < -0.39 is 0 Å². The van der Waals surface area contributed by atoms with Crippen molar-refractivity contribution in [3.8, 4) is 0 Å². The predicted octanol–water partition coefficient (Wildman–Crippen LogP) is 19.2. The average Bonchev–Trinajstić information content (AvgIpc) is 3.53. The number of aryl methyl sites for hydroxylation is 4. The van der Waals surface area contributed by atoms with Crippen LogP contribution < -0.4 is 0 Å². The quantitative estimate of drug-likeness (QED) is 0.0381. The van der Waals surface area contributed by atoms with E-state index in [1.165, 1.54) is 209 Å². The molecule has 1 aliphatic rings. The first kappa shape index (κ1) is 53.2. The summed E-state index contributed by atoms with van der Waals surface area (Å²) in [7, 11) is 0. The molecule has 0 amide bonds. The van der Waals surface area contributed by atoms with E-state index in [-0.39, 0.29) is 0 Å². The molecule has 3 heteroatoms. The first-order chi connectivity index (χ1) is 28.9. The molecule has 2 aromatic rings. The van der Waals surface area contributed by atoms with E-state index in [9.17, 15) is 5.53 Å². The van der Waals surface area contributed by atoms with Gasteiger partial charge < -0.3 is 5.53 Å². The van der Waals surface area contributed by atoms with E-state index in [4.69, 9.17) is 0 Å². The van der Waals surface area contributed by atoms with Crippen molar-refractivity contribution in [1.29, 1.82) is 0 Å². The number of unbranched alkanes of at least 4 members (excludes halogenated alkanes) is 16. The van der Waals surface area contributed by atoms with Gasteiger partial charge in [-0.05, 0) is 124 Å². The number of rotatable bonds is 34. The Bertz CT molecular complexity index is 1300. The van der Waals surface area contributed by atoms with Gasteiger partial charge >= 0.3 is 90.4 Å². The van der Waals surface area contributed by atoms with Crippen molar-refractivity contribution in [2.24, 2.45) is 0 Å². The van der Waals surface area contributed by atoms with Crippen LogP contribution in [-0.2, 0) is 40.1 Å². The summed E-state index contributed by atoms with van der Waals surface area (Å²) >= 11 is 1.99. The Labute approximate surface area is 374 Å². The predicted molar refractivity (Wildman–Crippen MR) is 260 cm³/mol. The molecule has 0 aromatic heterocycles. The second kappa shape index (κ2) is 34.6. The summed E-state index contributed by atoms with van der Waals surface area (Å²) in [5.74, 6) is 0. The fourth-order valence-electron chi connectivity index (χ4n) is 8.39. The Kier molecular flexibility index (Phi) is 31.2. The third-order valence-corrected chi connectivity index (χ3v) is 13.4. The van der Waals surface area contributed by atoms with E-state index in [2.05, 4.69) is 91.8 Å². The number of benzene rings is 2. The molecule has 0 aliphatic carbocycles. The van der Waals surface area contributed by atoms with E-state index >= 15 is 0 Å². The van der Waals surface area contributed by atoms with Crippen LogP contribution in [0.1, 0.15) is 256 Å². The molecular weight excluding hydrogens is 759 g/mol. The third kappa shape index (κ3) is 21.1. The molecule has 0 saturated carbocycles. The molecule has 338 valence electrons. The van der Waals surface area contributed by atoms with Gasteiger partial charge in [0.1, 0.15) is 0 Å². The molecule has 2 nitrogen and oxygen atoms in total. The van der Waals surface area contributed by atoms with Crippen LogP contribution in [-0.4, -0.2) is 4.70 Å². The van der Waals surface area contributed by atoms with Crippen LogP contribution in [0, 0.1) is 0 Å². The van der Waals surface area contributed by atoms with Gasteiger partial charge in [-0.3, -0.25) is 0 Å². The van der Waals surface area contributed by atoms with Gasteiger partial charge in [-0.15, -0.1) is 0 Å². The van der Waals surface area contributed by atoms with Gasteiger partial charge in [0, 0.05) is 22.3 Å². The molecule has 1 aliphatic heterocycles. The van der Waals surface area contributed by atoms with Crippen LogP contribution in [0.2, 0.25) is 10.8 Å². The summed E-state index contributed by atoms with van der Waals surface area (Å²) < 4.78 is 1.66. The molecule has 0 radical (unpaired) electrons. The summed E-state index contributed by atoms with van der Waals surface area (Å²) in [5, 5.41) is 2.83. The van der Waals surface area contributed by atoms with Crippen LogP contribution >= 0.6 is 0 Å². The zero-order chi connectivity index (χ0) is 42.9. The standard InChI is InChI=1S/C44H68N2.2C6H13.Ni/c1-7-13-19-21-27-41-42(28-22-20-14-8-2)44(40-33-37(25-17-11-5)30-38(34-40)26-18-12-6)46(45)43(41)39-31-35(23-15-9-3)29-36(32-39)24-16-10-4;2*1-3-5-6-4-2;/h29-34H,7-28H2,1-6H3;2*1,3-6H2,2H3;. The van der Waals surface area contributed by atoms with Crippen molar-refractivity contribution in [2.45, 2.75) is 259 Å². The summed E-state index contributed by atoms with van der Waals surface area (Å²) in [5.41, 5.74) is 25.6. The summed E-state index contributed by atoms with van der Waals surface area (Å²) in [6.07, 6.45) is 37.5. The fourth-order valence-corrected chi connectivity index (χ4v) is 9.62. The molecule has 0 atom stereocenters. The molecule has 0 N–H and O–H groups in total.